The van der Waals surface area contributed by atoms with E-state index in [9.17, 15) is 14.4 Å². The average Bonchev–Trinajstić information content (AvgIpc) is 3.24. The number of hydrogen-bond acceptors (Lipinski definition) is 5. The highest BCUT2D eigenvalue weighted by Crippen LogP contribution is 2.61. The van der Waals surface area contributed by atoms with Crippen LogP contribution in [0, 0.1) is 29.1 Å². The zero-order valence-electron chi connectivity index (χ0n) is 18.7. The van der Waals surface area contributed by atoms with Crippen LogP contribution in [0.1, 0.15) is 69.9 Å². The Morgan fingerprint density at radius 1 is 1.06 bits per heavy atom. The molecule has 7 nitrogen and oxygen atoms in total. The summed E-state index contributed by atoms with van der Waals surface area (Å²) in [5.74, 6) is 0.986. The second-order valence-corrected chi connectivity index (χ2v) is 10.3. The van der Waals surface area contributed by atoms with Crippen molar-refractivity contribution in [2.24, 2.45) is 29.1 Å². The van der Waals surface area contributed by atoms with Gasteiger partial charge in [0.25, 0.3) is 11.8 Å². The molecule has 1 aromatic heterocycles. The largest absolute Gasteiger partial charge is 0.459 e. The molecule has 1 aromatic rings. The molecule has 0 aliphatic heterocycles. The quantitative estimate of drug-likeness (QED) is 0.617. The molecule has 0 spiro atoms. The maximum Gasteiger partial charge on any atom is 0.329 e. The highest BCUT2D eigenvalue weighted by atomic mass is 16.5. The van der Waals surface area contributed by atoms with Crippen molar-refractivity contribution in [3.05, 3.63) is 24.2 Å². The van der Waals surface area contributed by atoms with Crippen molar-refractivity contribution in [3.63, 3.8) is 0 Å². The minimum atomic E-state index is -0.856. The summed E-state index contributed by atoms with van der Waals surface area (Å²) >= 11 is 0. The molecule has 2 N–H and O–H groups in total. The summed E-state index contributed by atoms with van der Waals surface area (Å²) in [6.45, 7) is 5.38. The monoisotopic (exact) mass is 430 g/mol. The van der Waals surface area contributed by atoms with Crippen molar-refractivity contribution in [1.29, 1.82) is 0 Å². The van der Waals surface area contributed by atoms with Gasteiger partial charge in [-0.15, -0.1) is 0 Å². The van der Waals surface area contributed by atoms with E-state index < -0.39 is 17.9 Å². The summed E-state index contributed by atoms with van der Waals surface area (Å²) in [6.07, 6.45) is 9.08. The van der Waals surface area contributed by atoms with Gasteiger partial charge >= 0.3 is 5.97 Å². The van der Waals surface area contributed by atoms with Crippen LogP contribution in [0.5, 0.6) is 0 Å². The fourth-order valence-electron chi connectivity index (χ4n) is 6.49. The van der Waals surface area contributed by atoms with E-state index in [1.807, 2.05) is 13.8 Å². The minimum absolute atomic E-state index is 0.0756. The Hall–Kier alpha value is -2.31. The van der Waals surface area contributed by atoms with Gasteiger partial charge in [-0.25, -0.2) is 4.79 Å². The maximum absolute atomic E-state index is 12.6. The number of amides is 2. The number of nitrogens with one attached hydrogen (secondary N) is 2. The summed E-state index contributed by atoms with van der Waals surface area (Å²) in [4.78, 5) is 37.3. The van der Waals surface area contributed by atoms with Gasteiger partial charge in [0, 0.05) is 6.04 Å². The smallest absolute Gasteiger partial charge is 0.329 e. The third-order valence-corrected chi connectivity index (χ3v) is 7.68. The number of carbonyl (C=O) groups is 3. The van der Waals surface area contributed by atoms with Crippen molar-refractivity contribution in [2.75, 3.05) is 6.61 Å². The molecule has 170 valence electrons. The number of hydrogen-bond donors (Lipinski definition) is 2. The van der Waals surface area contributed by atoms with Crippen LogP contribution < -0.4 is 10.6 Å². The molecular formula is C24H34N2O5. The zero-order chi connectivity index (χ0) is 22.2. The molecule has 4 aliphatic rings. The minimum Gasteiger partial charge on any atom is -0.459 e. The third kappa shape index (κ3) is 4.65. The van der Waals surface area contributed by atoms with Gasteiger partial charge in [0.05, 0.1) is 6.26 Å². The lowest BCUT2D eigenvalue weighted by Crippen LogP contribution is -2.56. The van der Waals surface area contributed by atoms with E-state index >= 15 is 0 Å². The average molecular weight is 431 g/mol. The second kappa shape index (κ2) is 8.67. The van der Waals surface area contributed by atoms with E-state index in [1.165, 1.54) is 50.9 Å². The van der Waals surface area contributed by atoms with E-state index in [0.29, 0.717) is 0 Å². The Morgan fingerprint density at radius 3 is 2.19 bits per heavy atom. The fourth-order valence-corrected chi connectivity index (χ4v) is 6.49. The maximum atomic E-state index is 12.6. The normalized spacial score (nSPS) is 30.6. The van der Waals surface area contributed by atoms with Gasteiger partial charge in [-0.3, -0.25) is 9.59 Å². The first-order valence-electron chi connectivity index (χ1n) is 11.6. The van der Waals surface area contributed by atoms with Crippen molar-refractivity contribution in [3.8, 4) is 0 Å². The lowest BCUT2D eigenvalue weighted by atomic mass is 9.48. The lowest BCUT2D eigenvalue weighted by molar-refractivity contribution is -0.152. The molecule has 2 atom stereocenters. The van der Waals surface area contributed by atoms with Crippen LogP contribution in [0.3, 0.4) is 0 Å². The summed E-state index contributed by atoms with van der Waals surface area (Å²) in [6, 6.07) is 2.35. The number of rotatable bonds is 8. The van der Waals surface area contributed by atoms with Crippen LogP contribution in [-0.2, 0) is 14.3 Å². The van der Waals surface area contributed by atoms with Gasteiger partial charge in [0.2, 0.25) is 0 Å². The Bertz CT molecular complexity index is 781. The number of carbonyl (C=O) groups excluding carboxylic acids is 3. The molecule has 0 radical (unpaired) electrons. The highest BCUT2D eigenvalue weighted by Gasteiger charge is 2.53. The molecule has 1 heterocycles. The van der Waals surface area contributed by atoms with Gasteiger partial charge in [-0.1, -0.05) is 13.8 Å². The first-order chi connectivity index (χ1) is 14.8. The zero-order valence-corrected chi connectivity index (χ0v) is 18.7. The van der Waals surface area contributed by atoms with Crippen LogP contribution in [0.25, 0.3) is 0 Å². The Morgan fingerprint density at radius 2 is 1.68 bits per heavy atom. The summed E-state index contributed by atoms with van der Waals surface area (Å²) in [5.41, 5.74) is 0.200. The fraction of sp³-hybridized carbons (Fsp3) is 0.708. The van der Waals surface area contributed by atoms with E-state index in [4.69, 9.17) is 9.15 Å². The van der Waals surface area contributed by atoms with Crippen molar-refractivity contribution in [1.82, 2.24) is 10.6 Å². The van der Waals surface area contributed by atoms with Gasteiger partial charge in [0.15, 0.2) is 12.4 Å². The predicted molar refractivity (Wildman–Crippen MR) is 114 cm³/mol. The van der Waals surface area contributed by atoms with Crippen molar-refractivity contribution in [2.45, 2.75) is 71.4 Å². The third-order valence-electron chi connectivity index (χ3n) is 7.68. The molecule has 4 aliphatic carbocycles. The van der Waals surface area contributed by atoms with Crippen LogP contribution in [0.2, 0.25) is 0 Å². The molecule has 4 fully saturated rings. The van der Waals surface area contributed by atoms with E-state index in [0.717, 1.165) is 17.8 Å². The van der Waals surface area contributed by atoms with Crippen LogP contribution in [0.15, 0.2) is 22.8 Å². The Balaban J connectivity index is 1.28. The first-order valence-corrected chi connectivity index (χ1v) is 11.6. The van der Waals surface area contributed by atoms with Gasteiger partial charge in [-0.05, 0) is 86.7 Å². The molecule has 31 heavy (non-hydrogen) atoms. The van der Waals surface area contributed by atoms with Gasteiger partial charge in [0.1, 0.15) is 6.04 Å². The molecule has 5 rings (SSSR count). The molecule has 7 heteroatoms. The summed E-state index contributed by atoms with van der Waals surface area (Å²) in [7, 11) is 0. The second-order valence-electron chi connectivity index (χ2n) is 10.3. The van der Waals surface area contributed by atoms with Gasteiger partial charge in [-0.2, -0.15) is 0 Å². The van der Waals surface area contributed by atoms with Crippen molar-refractivity contribution >= 4 is 17.8 Å². The molecule has 4 saturated carbocycles. The topological polar surface area (TPSA) is 97.6 Å². The Kier molecular flexibility index (Phi) is 6.13. The van der Waals surface area contributed by atoms with Crippen LogP contribution >= 0.6 is 0 Å². The lowest BCUT2D eigenvalue weighted by Gasteiger charge is -2.59. The van der Waals surface area contributed by atoms with E-state index in [-0.39, 0.29) is 35.6 Å². The molecular weight excluding hydrogens is 396 g/mol. The van der Waals surface area contributed by atoms with Crippen LogP contribution in [0.4, 0.5) is 0 Å². The molecule has 0 unspecified atom stereocenters. The number of ether oxygens (including phenoxy) is 1. The molecule has 4 bridgehead atoms. The molecule has 0 aromatic carbocycles. The van der Waals surface area contributed by atoms with Crippen LogP contribution in [-0.4, -0.2) is 36.5 Å². The standard InChI is InChI=1S/C24H34N2O5/c1-14(2)21(26-22(28)19-5-4-6-30-19)23(29)31-13-20(27)25-15(3)24-10-16-7-17(11-24)9-18(8-16)12-24/h4-6,14-18,21H,7-13H2,1-3H3,(H,25,27)(H,26,28)/t15-,16?,17?,18?,21-,24?/m0/s1. The number of esters is 1. The SMILES string of the molecule is CC(C)[C@H](NC(=O)c1ccco1)C(=O)OCC(=O)N[C@@H](C)C12CC3CC(CC(C3)C1)C2. The summed E-state index contributed by atoms with van der Waals surface area (Å²) < 4.78 is 10.3. The highest BCUT2D eigenvalue weighted by molar-refractivity contribution is 5.94. The predicted octanol–water partition coefficient (Wildman–Crippen LogP) is 3.30. The summed E-state index contributed by atoms with van der Waals surface area (Å²) in [5, 5.41) is 5.74. The number of furan rings is 1. The van der Waals surface area contributed by atoms with E-state index in [2.05, 4.69) is 17.6 Å². The first kappa shape index (κ1) is 21.9. The van der Waals surface area contributed by atoms with E-state index in [1.54, 1.807) is 6.07 Å². The molecule has 0 saturated heterocycles. The van der Waals surface area contributed by atoms with Gasteiger partial charge < -0.3 is 19.8 Å². The Labute approximate surface area is 183 Å². The van der Waals surface area contributed by atoms with Crippen molar-refractivity contribution < 1.29 is 23.5 Å². The molecule has 2 amide bonds.